The largest absolute Gasteiger partial charge is 0.457 e. The lowest BCUT2D eigenvalue weighted by Crippen LogP contribution is -2.27. The molecule has 1 aliphatic heterocycles. The Hall–Kier alpha value is -7.37. The molecule has 5 heteroatoms. The molecule has 1 aliphatic rings. The molecular weight excluding hydrogens is 913 g/mol. The summed E-state index contributed by atoms with van der Waals surface area (Å²) in [6, 6.07) is 62.3. The van der Waals surface area contributed by atoms with E-state index in [9.17, 15) is 0 Å². The van der Waals surface area contributed by atoms with Gasteiger partial charge in [0.2, 0.25) is 0 Å². The van der Waals surface area contributed by atoms with E-state index >= 15 is 0 Å². The van der Waals surface area contributed by atoms with Crippen molar-refractivity contribution in [2.24, 2.45) is 0 Å². The molecule has 0 aliphatic carbocycles. The number of anilines is 2. The first-order chi connectivity index (χ1) is 35.6. The van der Waals surface area contributed by atoms with Crippen molar-refractivity contribution in [3.05, 3.63) is 232 Å². The first-order valence-electron chi connectivity index (χ1n) is 27.1. The van der Waals surface area contributed by atoms with Crippen molar-refractivity contribution < 1.29 is 4.74 Å². The van der Waals surface area contributed by atoms with Gasteiger partial charge in [0.1, 0.15) is 17.3 Å². The molecule has 0 saturated heterocycles. The van der Waals surface area contributed by atoms with Gasteiger partial charge >= 0.3 is 0 Å². The van der Waals surface area contributed by atoms with E-state index < -0.39 is 0 Å². The Morgan fingerprint density at radius 2 is 1.03 bits per heavy atom. The average Bonchev–Trinajstić information content (AvgIpc) is 3.99. The number of rotatable bonds is 12. The summed E-state index contributed by atoms with van der Waals surface area (Å²) in [7, 11) is 0. The molecule has 382 valence electrons. The van der Waals surface area contributed by atoms with Gasteiger partial charge in [-0.05, 0) is 128 Å². The predicted octanol–water partition coefficient (Wildman–Crippen LogP) is 18.7. The molecule has 0 spiro atoms. The number of nitrogens with zero attached hydrogens (tertiary/aromatic N) is 4. The topological polar surface area (TPSA) is 33.5 Å². The molecule has 0 atom stereocenters. The maximum absolute atomic E-state index is 7.03. The fraction of sp³-hybridized carbons (Fsp3) is 0.300. The van der Waals surface area contributed by atoms with Gasteiger partial charge in [0.15, 0.2) is 0 Å². The highest BCUT2D eigenvalue weighted by Crippen LogP contribution is 2.45. The van der Waals surface area contributed by atoms with Crippen molar-refractivity contribution >= 4 is 38.9 Å². The predicted molar refractivity (Wildman–Crippen MR) is 318 cm³/mol. The van der Waals surface area contributed by atoms with Crippen LogP contribution in [0, 0.1) is 0 Å². The van der Waals surface area contributed by atoms with E-state index in [1.165, 1.54) is 66.8 Å². The quantitative estimate of drug-likeness (QED) is 0.122. The van der Waals surface area contributed by atoms with Crippen LogP contribution in [0.25, 0.3) is 33.3 Å². The number of hydrogen-bond acceptors (Lipinski definition) is 4. The average molecular weight is 989 g/mol. The Kier molecular flexibility index (Phi) is 13.2. The molecule has 75 heavy (non-hydrogen) atoms. The Labute approximate surface area is 447 Å². The molecular formula is C70H76N4O. The van der Waals surface area contributed by atoms with Gasteiger partial charge in [-0.2, -0.15) is 0 Å². The van der Waals surface area contributed by atoms with Crippen LogP contribution >= 0.6 is 0 Å². The third-order valence-electron chi connectivity index (χ3n) is 16.0. The standard InChI is InChI=1S/C70H76N4O/c1-46(2)58-29-22-30-59(47(3)4)66(58)64-44-72(55-38-52(67(5,6)7)37-53(39-55)68(8,9)10)45-73(64)54-27-21-28-56(42-54)75-57-32-33-60-61-40-50(69(11,12)48-23-17-15-18-24-48)31-34-62(61)74(63(60)43-57)65-41-51(35-36-71-65)70(13,14)49-25-19-16-20-26-49/h15-44,46-47H,45H2,1-14H3. The molecule has 3 heterocycles. The zero-order valence-electron chi connectivity index (χ0n) is 46.9. The molecule has 0 saturated carbocycles. The summed E-state index contributed by atoms with van der Waals surface area (Å²) in [5.41, 5.74) is 16.8. The van der Waals surface area contributed by atoms with Crippen LogP contribution in [0.4, 0.5) is 11.4 Å². The highest BCUT2D eigenvalue weighted by Gasteiger charge is 2.32. The Morgan fingerprint density at radius 3 is 1.61 bits per heavy atom. The van der Waals surface area contributed by atoms with E-state index in [-0.39, 0.29) is 21.7 Å². The lowest BCUT2D eigenvalue weighted by Gasteiger charge is -2.30. The Morgan fingerprint density at radius 1 is 0.453 bits per heavy atom. The molecule has 9 aromatic rings. The van der Waals surface area contributed by atoms with Crippen molar-refractivity contribution in [3.8, 4) is 17.3 Å². The first-order valence-corrected chi connectivity index (χ1v) is 27.1. The molecule has 0 N–H and O–H groups in total. The van der Waals surface area contributed by atoms with E-state index in [4.69, 9.17) is 9.72 Å². The molecule has 2 aromatic heterocycles. The highest BCUT2D eigenvalue weighted by molar-refractivity contribution is 6.10. The summed E-state index contributed by atoms with van der Waals surface area (Å²) in [4.78, 5) is 10.1. The number of benzene rings is 7. The number of pyridine rings is 1. The summed E-state index contributed by atoms with van der Waals surface area (Å²) in [6.07, 6.45) is 4.36. The second-order valence-corrected chi connectivity index (χ2v) is 24.7. The normalized spacial score (nSPS) is 13.7. The number of fused-ring (bicyclic) bond motifs is 3. The Balaban J connectivity index is 1.09. The number of ether oxygens (including phenoxy) is 1. The van der Waals surface area contributed by atoms with E-state index in [2.05, 4.69) is 287 Å². The highest BCUT2D eigenvalue weighted by atomic mass is 16.5. The van der Waals surface area contributed by atoms with Crippen LogP contribution in [0.5, 0.6) is 11.5 Å². The molecule has 0 radical (unpaired) electrons. The monoisotopic (exact) mass is 989 g/mol. The molecule has 0 fully saturated rings. The molecule has 0 amide bonds. The summed E-state index contributed by atoms with van der Waals surface area (Å²) in [6.45, 7) is 33.1. The van der Waals surface area contributed by atoms with Crippen molar-refractivity contribution in [1.82, 2.24) is 9.55 Å². The van der Waals surface area contributed by atoms with E-state index in [0.29, 0.717) is 18.5 Å². The Bertz CT molecular complexity index is 3520. The van der Waals surface area contributed by atoms with Gasteiger partial charge in [-0.1, -0.05) is 194 Å². The van der Waals surface area contributed by atoms with Crippen molar-refractivity contribution in [1.29, 1.82) is 0 Å². The minimum Gasteiger partial charge on any atom is -0.457 e. The SMILES string of the molecule is CC(C)c1cccc(C(C)C)c1C1=CN(c2cc(C(C)(C)C)cc(C(C)(C)C)c2)CN1c1cccc(Oc2ccc3c4cc(C(C)(C)c5ccccc5)ccc4n(-c4cc(C(C)(C)c5ccccc5)ccn4)c3c2)c1. The minimum atomic E-state index is -0.246. The van der Waals surface area contributed by atoms with Gasteiger partial charge in [0, 0.05) is 63.1 Å². The zero-order chi connectivity index (χ0) is 53.2. The third-order valence-corrected chi connectivity index (χ3v) is 16.0. The maximum atomic E-state index is 7.03. The van der Waals surface area contributed by atoms with E-state index in [0.717, 1.165) is 39.4 Å². The molecule has 7 aromatic carbocycles. The molecule has 0 bridgehead atoms. The smallest absolute Gasteiger partial charge is 0.137 e. The zero-order valence-corrected chi connectivity index (χ0v) is 46.9. The van der Waals surface area contributed by atoms with Gasteiger partial charge in [-0.3, -0.25) is 4.57 Å². The van der Waals surface area contributed by atoms with Crippen LogP contribution in [0.15, 0.2) is 182 Å². The van der Waals surface area contributed by atoms with E-state index in [1.54, 1.807) is 0 Å². The summed E-state index contributed by atoms with van der Waals surface area (Å²) in [5.74, 6) is 3.07. The summed E-state index contributed by atoms with van der Waals surface area (Å²) >= 11 is 0. The maximum Gasteiger partial charge on any atom is 0.137 e. The number of aromatic nitrogens is 2. The second kappa shape index (κ2) is 19.4. The van der Waals surface area contributed by atoms with E-state index in [1.807, 2.05) is 6.20 Å². The fourth-order valence-corrected chi connectivity index (χ4v) is 11.1. The van der Waals surface area contributed by atoms with Crippen molar-refractivity contribution in [2.45, 2.75) is 130 Å². The van der Waals surface area contributed by atoms with Crippen LogP contribution in [-0.4, -0.2) is 16.2 Å². The van der Waals surface area contributed by atoms with Crippen LogP contribution in [0.2, 0.25) is 0 Å². The van der Waals surface area contributed by atoms with Crippen LogP contribution in [0.3, 0.4) is 0 Å². The molecule has 10 rings (SSSR count). The summed E-state index contributed by atoms with van der Waals surface area (Å²) in [5, 5.41) is 2.32. The molecule has 5 nitrogen and oxygen atoms in total. The second-order valence-electron chi connectivity index (χ2n) is 24.7. The van der Waals surface area contributed by atoms with Crippen LogP contribution in [0.1, 0.15) is 159 Å². The van der Waals surface area contributed by atoms with Crippen LogP contribution in [-0.2, 0) is 21.7 Å². The number of hydrogen-bond donors (Lipinski definition) is 0. The van der Waals surface area contributed by atoms with Gasteiger partial charge in [-0.15, -0.1) is 0 Å². The van der Waals surface area contributed by atoms with Crippen molar-refractivity contribution in [3.63, 3.8) is 0 Å². The van der Waals surface area contributed by atoms with Gasteiger partial charge in [0.05, 0.1) is 23.4 Å². The lowest BCUT2D eigenvalue weighted by atomic mass is 9.78. The van der Waals surface area contributed by atoms with Gasteiger partial charge in [-0.25, -0.2) is 4.98 Å². The first kappa shape index (κ1) is 51.1. The molecule has 0 unspecified atom stereocenters. The third kappa shape index (κ3) is 9.79. The fourth-order valence-electron chi connectivity index (χ4n) is 11.1. The van der Waals surface area contributed by atoms with Gasteiger partial charge in [0.25, 0.3) is 0 Å². The van der Waals surface area contributed by atoms with Crippen molar-refractivity contribution in [2.75, 3.05) is 16.5 Å². The summed E-state index contributed by atoms with van der Waals surface area (Å²) < 4.78 is 9.36. The van der Waals surface area contributed by atoms with Crippen LogP contribution < -0.4 is 14.5 Å². The van der Waals surface area contributed by atoms with Gasteiger partial charge < -0.3 is 14.5 Å². The lowest BCUT2D eigenvalue weighted by molar-refractivity contribution is 0.483. The minimum absolute atomic E-state index is 0.0118.